The van der Waals surface area contributed by atoms with Crippen LogP contribution < -0.4 is 20.7 Å². The van der Waals surface area contributed by atoms with E-state index in [1.54, 1.807) is 24.3 Å². The van der Waals surface area contributed by atoms with Gasteiger partial charge < -0.3 is 14.6 Å². The lowest BCUT2D eigenvalue weighted by atomic mass is 10.1. The summed E-state index contributed by atoms with van der Waals surface area (Å²) in [5.74, 6) is -2.32. The number of carboxylic acids is 1. The first-order valence-corrected chi connectivity index (χ1v) is 6.65. The number of amides is 2. The molecule has 0 saturated heterocycles. The Morgan fingerprint density at radius 3 is 2.13 bits per heavy atom. The van der Waals surface area contributed by atoms with Gasteiger partial charge in [-0.1, -0.05) is 36.4 Å². The minimum atomic E-state index is -1.48. The molecular weight excluding hydrogens is 300 g/mol. The second-order valence-electron chi connectivity index (χ2n) is 4.44. The highest BCUT2D eigenvalue weighted by Gasteiger charge is 2.12. The normalized spacial score (nSPS) is 9.74. The van der Waals surface area contributed by atoms with Gasteiger partial charge in [0.1, 0.15) is 5.75 Å². The lowest BCUT2D eigenvalue weighted by Crippen LogP contribution is -2.44. The number of carboxylic acid groups (broad SMARTS) is 1. The van der Waals surface area contributed by atoms with Crippen molar-refractivity contribution in [3.8, 4) is 5.75 Å². The number of hydrogen-bond donors (Lipinski definition) is 2. The van der Waals surface area contributed by atoms with Gasteiger partial charge in [-0.3, -0.25) is 20.4 Å². The van der Waals surface area contributed by atoms with Gasteiger partial charge in [0.15, 0.2) is 6.61 Å². The Labute approximate surface area is 131 Å². The number of rotatable bonds is 5. The van der Waals surface area contributed by atoms with Crippen LogP contribution in [0.1, 0.15) is 20.7 Å². The standard InChI is InChI=1S/C16H14N2O5/c19-14(10-23-11-6-2-1-3-7-11)17-18-15(20)12-8-4-5-9-13(12)16(21)22/h1-9H,10H2,(H,17,19)(H,18,20)(H,21,22)/p-1. The molecule has 0 spiro atoms. The zero-order chi connectivity index (χ0) is 16.7. The van der Waals surface area contributed by atoms with Gasteiger partial charge in [0, 0.05) is 5.56 Å². The van der Waals surface area contributed by atoms with Crippen molar-refractivity contribution in [1.29, 1.82) is 0 Å². The van der Waals surface area contributed by atoms with Crippen molar-refractivity contribution in [3.05, 3.63) is 65.7 Å². The first-order valence-electron chi connectivity index (χ1n) is 6.65. The Hall–Kier alpha value is -3.35. The summed E-state index contributed by atoms with van der Waals surface area (Å²) in [6, 6.07) is 14.2. The summed E-state index contributed by atoms with van der Waals surface area (Å²) in [4.78, 5) is 34.4. The van der Waals surface area contributed by atoms with Crippen molar-refractivity contribution in [1.82, 2.24) is 10.9 Å². The SMILES string of the molecule is O=C(COc1ccccc1)NNC(=O)c1ccccc1C(=O)[O-]. The van der Waals surface area contributed by atoms with Crippen molar-refractivity contribution in [2.45, 2.75) is 0 Å². The van der Waals surface area contributed by atoms with Crippen molar-refractivity contribution >= 4 is 17.8 Å². The zero-order valence-electron chi connectivity index (χ0n) is 11.9. The molecule has 2 aromatic rings. The van der Waals surface area contributed by atoms with Crippen LogP contribution in [-0.4, -0.2) is 24.4 Å². The van der Waals surface area contributed by atoms with Gasteiger partial charge in [0.25, 0.3) is 11.8 Å². The average Bonchev–Trinajstić information content (AvgIpc) is 2.58. The van der Waals surface area contributed by atoms with Crippen LogP contribution in [0.4, 0.5) is 0 Å². The summed E-state index contributed by atoms with van der Waals surface area (Å²) < 4.78 is 5.20. The zero-order valence-corrected chi connectivity index (χ0v) is 11.9. The molecule has 23 heavy (non-hydrogen) atoms. The Balaban J connectivity index is 1.87. The van der Waals surface area contributed by atoms with E-state index in [4.69, 9.17) is 4.74 Å². The Morgan fingerprint density at radius 2 is 1.48 bits per heavy atom. The summed E-state index contributed by atoms with van der Waals surface area (Å²) in [5.41, 5.74) is 3.88. The van der Waals surface area contributed by atoms with E-state index in [1.165, 1.54) is 24.3 Å². The van der Waals surface area contributed by atoms with Gasteiger partial charge in [-0.25, -0.2) is 0 Å². The maximum Gasteiger partial charge on any atom is 0.276 e. The molecule has 0 aliphatic rings. The smallest absolute Gasteiger partial charge is 0.276 e. The van der Waals surface area contributed by atoms with Crippen LogP contribution in [0, 0.1) is 0 Å². The minimum Gasteiger partial charge on any atom is -0.545 e. The molecule has 0 radical (unpaired) electrons. The number of para-hydroxylation sites is 1. The molecule has 0 aliphatic carbocycles. The van der Waals surface area contributed by atoms with Crippen molar-refractivity contribution in [2.75, 3.05) is 6.61 Å². The average molecular weight is 313 g/mol. The number of ether oxygens (including phenoxy) is 1. The van der Waals surface area contributed by atoms with E-state index in [-0.39, 0.29) is 17.7 Å². The monoisotopic (exact) mass is 313 g/mol. The third kappa shape index (κ3) is 4.57. The summed E-state index contributed by atoms with van der Waals surface area (Å²) in [7, 11) is 0. The van der Waals surface area contributed by atoms with E-state index in [0.717, 1.165) is 0 Å². The molecule has 2 amide bonds. The van der Waals surface area contributed by atoms with Crippen LogP contribution in [0.5, 0.6) is 5.75 Å². The van der Waals surface area contributed by atoms with E-state index in [0.29, 0.717) is 5.75 Å². The third-order valence-electron chi connectivity index (χ3n) is 2.82. The van der Waals surface area contributed by atoms with Crippen LogP contribution in [0.15, 0.2) is 54.6 Å². The third-order valence-corrected chi connectivity index (χ3v) is 2.82. The maximum atomic E-state index is 11.9. The highest BCUT2D eigenvalue weighted by molar-refractivity contribution is 6.04. The van der Waals surface area contributed by atoms with Gasteiger partial charge in [0.05, 0.1) is 11.5 Å². The molecule has 7 heteroatoms. The number of nitrogens with one attached hydrogen (secondary N) is 2. The highest BCUT2D eigenvalue weighted by atomic mass is 16.5. The molecule has 2 N–H and O–H groups in total. The summed E-state index contributed by atoms with van der Waals surface area (Å²) in [5, 5.41) is 10.9. The minimum absolute atomic E-state index is 0.114. The Morgan fingerprint density at radius 1 is 0.870 bits per heavy atom. The summed E-state index contributed by atoms with van der Waals surface area (Å²) in [6.45, 7) is -0.299. The van der Waals surface area contributed by atoms with E-state index < -0.39 is 17.8 Å². The molecule has 0 atom stereocenters. The quantitative estimate of drug-likeness (QED) is 0.749. The number of carbonyl (C=O) groups excluding carboxylic acids is 3. The molecule has 7 nitrogen and oxygen atoms in total. The van der Waals surface area contributed by atoms with E-state index in [2.05, 4.69) is 10.9 Å². The molecule has 0 bridgehead atoms. The molecule has 0 unspecified atom stereocenters. The molecule has 0 heterocycles. The fourth-order valence-corrected chi connectivity index (χ4v) is 1.75. The molecular formula is C16H13N2O5-. The summed E-state index contributed by atoms with van der Waals surface area (Å²) >= 11 is 0. The van der Waals surface area contributed by atoms with E-state index in [9.17, 15) is 19.5 Å². The molecule has 0 aliphatic heterocycles. The highest BCUT2D eigenvalue weighted by Crippen LogP contribution is 2.08. The number of carbonyl (C=O) groups is 3. The van der Waals surface area contributed by atoms with E-state index >= 15 is 0 Å². The molecule has 0 aromatic heterocycles. The first kappa shape index (κ1) is 16.0. The molecule has 118 valence electrons. The fourth-order valence-electron chi connectivity index (χ4n) is 1.75. The number of aromatic carboxylic acids is 1. The number of hydrogen-bond acceptors (Lipinski definition) is 5. The number of benzene rings is 2. The molecule has 2 aromatic carbocycles. The maximum absolute atomic E-state index is 11.9. The summed E-state index contributed by atoms with van der Waals surface area (Å²) in [6.07, 6.45) is 0. The largest absolute Gasteiger partial charge is 0.545 e. The predicted octanol–water partition coefficient (Wildman–Crippen LogP) is -0.110. The predicted molar refractivity (Wildman–Crippen MR) is 78.3 cm³/mol. The van der Waals surface area contributed by atoms with Gasteiger partial charge >= 0.3 is 0 Å². The van der Waals surface area contributed by atoms with Gasteiger partial charge in [0.2, 0.25) is 0 Å². The van der Waals surface area contributed by atoms with Crippen molar-refractivity contribution < 1.29 is 24.2 Å². The Kier molecular flexibility index (Phi) is 5.30. The number of hydrazine groups is 1. The fraction of sp³-hybridized carbons (Fsp3) is 0.0625. The Bertz CT molecular complexity index is 715. The van der Waals surface area contributed by atoms with Crippen molar-refractivity contribution in [3.63, 3.8) is 0 Å². The lowest BCUT2D eigenvalue weighted by molar-refractivity contribution is -0.255. The molecule has 0 fully saturated rings. The lowest BCUT2D eigenvalue weighted by Gasteiger charge is -2.11. The van der Waals surface area contributed by atoms with Gasteiger partial charge in [-0.15, -0.1) is 0 Å². The van der Waals surface area contributed by atoms with E-state index in [1.807, 2.05) is 6.07 Å². The second kappa shape index (κ2) is 7.60. The van der Waals surface area contributed by atoms with Crippen LogP contribution in [0.25, 0.3) is 0 Å². The van der Waals surface area contributed by atoms with Crippen LogP contribution in [0.3, 0.4) is 0 Å². The van der Waals surface area contributed by atoms with Crippen LogP contribution in [-0.2, 0) is 4.79 Å². The first-order chi connectivity index (χ1) is 11.1. The molecule has 2 rings (SSSR count). The molecule has 0 saturated carbocycles. The van der Waals surface area contributed by atoms with Gasteiger partial charge in [-0.2, -0.15) is 0 Å². The van der Waals surface area contributed by atoms with Crippen molar-refractivity contribution in [2.24, 2.45) is 0 Å². The van der Waals surface area contributed by atoms with Crippen LogP contribution in [0.2, 0.25) is 0 Å². The van der Waals surface area contributed by atoms with Crippen LogP contribution >= 0.6 is 0 Å². The topological polar surface area (TPSA) is 108 Å². The second-order valence-corrected chi connectivity index (χ2v) is 4.44. The van der Waals surface area contributed by atoms with Gasteiger partial charge in [-0.05, 0) is 18.2 Å².